The Balaban J connectivity index is 1.64. The molecule has 1 aliphatic heterocycles. The van der Waals surface area contributed by atoms with Crippen LogP contribution in [-0.4, -0.2) is 40.7 Å². The zero-order valence-electron chi connectivity index (χ0n) is 15.6. The molecule has 4 N–H and O–H groups in total. The maximum absolute atomic E-state index is 13.9. The summed E-state index contributed by atoms with van der Waals surface area (Å²) in [6, 6.07) is 1.81. The number of anilines is 1. The molecule has 1 saturated carbocycles. The van der Waals surface area contributed by atoms with Gasteiger partial charge in [0.2, 0.25) is 11.8 Å². The van der Waals surface area contributed by atoms with Gasteiger partial charge in [0.25, 0.3) is 5.91 Å². The van der Waals surface area contributed by atoms with E-state index in [0.29, 0.717) is 12.8 Å². The fourth-order valence-electron chi connectivity index (χ4n) is 3.75. The van der Waals surface area contributed by atoms with Crippen LogP contribution in [0.2, 0.25) is 0 Å². The molecule has 0 aromatic heterocycles. The van der Waals surface area contributed by atoms with Gasteiger partial charge in [-0.2, -0.15) is 0 Å². The number of carbonyl (C=O) groups excluding carboxylic acids is 4. The molecule has 3 rings (SSSR count). The average Bonchev–Trinajstić information content (AvgIpc) is 2.87. The molecule has 5 amide bonds. The van der Waals surface area contributed by atoms with Gasteiger partial charge < -0.3 is 16.4 Å². The first-order valence-corrected chi connectivity index (χ1v) is 9.27. The van der Waals surface area contributed by atoms with Crippen molar-refractivity contribution in [2.24, 2.45) is 5.73 Å². The van der Waals surface area contributed by atoms with Crippen LogP contribution in [0.25, 0.3) is 0 Å². The molecule has 8 nitrogen and oxygen atoms in total. The molecule has 1 aromatic carbocycles. The molecule has 1 saturated heterocycles. The molecule has 1 heterocycles. The number of halogens is 1. The second-order valence-corrected chi connectivity index (χ2v) is 7.32. The number of primary amides is 1. The Morgan fingerprint density at radius 1 is 1.25 bits per heavy atom. The van der Waals surface area contributed by atoms with Crippen LogP contribution in [0.1, 0.15) is 54.4 Å². The van der Waals surface area contributed by atoms with Gasteiger partial charge in [-0.05, 0) is 31.9 Å². The maximum atomic E-state index is 13.9. The van der Waals surface area contributed by atoms with Gasteiger partial charge in [-0.3, -0.25) is 19.3 Å². The quantitative estimate of drug-likeness (QED) is 0.664. The van der Waals surface area contributed by atoms with Crippen LogP contribution >= 0.6 is 0 Å². The third-order valence-corrected chi connectivity index (χ3v) is 5.42. The van der Waals surface area contributed by atoms with Crippen molar-refractivity contribution < 1.29 is 23.6 Å². The Labute approximate surface area is 161 Å². The van der Waals surface area contributed by atoms with E-state index < -0.39 is 29.2 Å². The van der Waals surface area contributed by atoms with E-state index >= 15 is 0 Å². The summed E-state index contributed by atoms with van der Waals surface area (Å²) >= 11 is 0. The largest absolute Gasteiger partial charge is 0.366 e. The number of nitrogens with one attached hydrogen (secondary N) is 2. The van der Waals surface area contributed by atoms with E-state index in [9.17, 15) is 23.6 Å². The Bertz CT molecular complexity index is 849. The number of hydrogen-bond donors (Lipinski definition) is 3. The summed E-state index contributed by atoms with van der Waals surface area (Å²) in [7, 11) is 0. The van der Waals surface area contributed by atoms with Gasteiger partial charge in [-0.25, -0.2) is 9.18 Å². The highest BCUT2D eigenvalue weighted by Gasteiger charge is 2.51. The van der Waals surface area contributed by atoms with Crippen LogP contribution in [0.4, 0.5) is 14.9 Å². The van der Waals surface area contributed by atoms with E-state index in [1.807, 2.05) is 0 Å². The molecule has 0 unspecified atom stereocenters. The molecular formula is C19H23FN4O4. The molecule has 0 bridgehead atoms. The summed E-state index contributed by atoms with van der Waals surface area (Å²) in [4.78, 5) is 49.5. The number of benzene rings is 1. The Morgan fingerprint density at radius 3 is 2.57 bits per heavy atom. The van der Waals surface area contributed by atoms with Crippen molar-refractivity contribution in [2.75, 3.05) is 11.9 Å². The summed E-state index contributed by atoms with van der Waals surface area (Å²) in [5.41, 5.74) is 4.56. The minimum atomic E-state index is -0.832. The first kappa shape index (κ1) is 19.8. The molecule has 150 valence electrons. The van der Waals surface area contributed by atoms with Crippen LogP contribution < -0.4 is 16.4 Å². The van der Waals surface area contributed by atoms with Crippen LogP contribution in [0.3, 0.4) is 0 Å². The van der Waals surface area contributed by atoms with Crippen LogP contribution in [0.15, 0.2) is 12.1 Å². The summed E-state index contributed by atoms with van der Waals surface area (Å²) < 4.78 is 13.9. The zero-order chi connectivity index (χ0) is 20.5. The van der Waals surface area contributed by atoms with Crippen molar-refractivity contribution in [2.45, 2.75) is 51.0 Å². The van der Waals surface area contributed by atoms with Gasteiger partial charge in [0.05, 0.1) is 0 Å². The minimum Gasteiger partial charge on any atom is -0.366 e. The van der Waals surface area contributed by atoms with Crippen LogP contribution in [0, 0.1) is 12.7 Å². The monoisotopic (exact) mass is 390 g/mol. The van der Waals surface area contributed by atoms with Gasteiger partial charge in [0.15, 0.2) is 0 Å². The molecule has 28 heavy (non-hydrogen) atoms. The zero-order valence-corrected chi connectivity index (χ0v) is 15.6. The molecular weight excluding hydrogens is 367 g/mol. The Hall–Kier alpha value is -2.97. The predicted molar refractivity (Wildman–Crippen MR) is 99.0 cm³/mol. The molecule has 0 radical (unpaired) electrons. The average molecular weight is 390 g/mol. The van der Waals surface area contributed by atoms with Crippen molar-refractivity contribution in [1.29, 1.82) is 0 Å². The van der Waals surface area contributed by atoms with Crippen molar-refractivity contribution in [3.8, 4) is 0 Å². The van der Waals surface area contributed by atoms with E-state index in [4.69, 9.17) is 5.73 Å². The number of nitrogens with zero attached hydrogens (tertiary/aromatic N) is 1. The molecule has 9 heteroatoms. The molecule has 2 aliphatic rings. The lowest BCUT2D eigenvalue weighted by Crippen LogP contribution is -2.48. The highest BCUT2D eigenvalue weighted by atomic mass is 19.1. The van der Waals surface area contributed by atoms with E-state index in [1.54, 1.807) is 0 Å². The molecule has 0 atom stereocenters. The van der Waals surface area contributed by atoms with E-state index in [-0.39, 0.29) is 35.7 Å². The van der Waals surface area contributed by atoms with E-state index in [2.05, 4.69) is 10.6 Å². The number of carbonyl (C=O) groups is 4. The van der Waals surface area contributed by atoms with Gasteiger partial charge in [0.1, 0.15) is 11.4 Å². The predicted octanol–water partition coefficient (Wildman–Crippen LogP) is 1.82. The van der Waals surface area contributed by atoms with Gasteiger partial charge in [0, 0.05) is 29.8 Å². The number of hydrogen-bond acceptors (Lipinski definition) is 4. The summed E-state index contributed by atoms with van der Waals surface area (Å²) in [5, 5.41) is 5.30. The number of urea groups is 1. The lowest BCUT2D eigenvalue weighted by Gasteiger charge is -2.30. The normalized spacial score (nSPS) is 18.3. The first-order chi connectivity index (χ1) is 13.2. The molecule has 1 aliphatic carbocycles. The standard InChI is InChI=1S/C19H23FN4O4/c1-11-13(20)9-12(16(21)26)10-14(11)22-15(25)5-8-24-17(27)19(23-18(24)28)6-3-2-4-7-19/h9-10H,2-8H2,1H3,(H2,21,26)(H,22,25)(H,23,28). The second-order valence-electron chi connectivity index (χ2n) is 7.32. The van der Waals surface area contributed by atoms with Gasteiger partial charge in [-0.15, -0.1) is 0 Å². The number of rotatable bonds is 5. The lowest BCUT2D eigenvalue weighted by molar-refractivity contribution is -0.132. The molecule has 2 fully saturated rings. The van der Waals surface area contributed by atoms with E-state index in [1.165, 1.54) is 13.0 Å². The lowest BCUT2D eigenvalue weighted by atomic mass is 9.82. The van der Waals surface area contributed by atoms with Crippen LogP contribution in [-0.2, 0) is 9.59 Å². The van der Waals surface area contributed by atoms with Gasteiger partial charge >= 0.3 is 6.03 Å². The first-order valence-electron chi connectivity index (χ1n) is 9.27. The smallest absolute Gasteiger partial charge is 0.325 e. The summed E-state index contributed by atoms with van der Waals surface area (Å²) in [6.45, 7) is 1.38. The van der Waals surface area contributed by atoms with Gasteiger partial charge in [-0.1, -0.05) is 19.3 Å². The second kappa shape index (κ2) is 7.57. The fourth-order valence-corrected chi connectivity index (χ4v) is 3.75. The third kappa shape index (κ3) is 3.69. The van der Waals surface area contributed by atoms with Crippen molar-refractivity contribution in [3.05, 3.63) is 29.1 Å². The fraction of sp³-hybridized carbons (Fsp3) is 0.474. The highest BCUT2D eigenvalue weighted by molar-refractivity contribution is 6.07. The Morgan fingerprint density at radius 2 is 1.93 bits per heavy atom. The Kier molecular flexibility index (Phi) is 5.35. The number of nitrogens with two attached hydrogens (primary N) is 1. The third-order valence-electron chi connectivity index (χ3n) is 5.42. The van der Waals surface area contributed by atoms with Crippen molar-refractivity contribution >= 4 is 29.4 Å². The highest BCUT2D eigenvalue weighted by Crippen LogP contribution is 2.33. The SMILES string of the molecule is Cc1c(F)cc(C(N)=O)cc1NC(=O)CCN1C(=O)NC2(CCCCC2)C1=O. The molecule has 1 spiro atoms. The molecule has 1 aromatic rings. The van der Waals surface area contributed by atoms with E-state index in [0.717, 1.165) is 30.2 Å². The number of amides is 5. The number of imide groups is 1. The van der Waals surface area contributed by atoms with Crippen molar-refractivity contribution in [1.82, 2.24) is 10.2 Å². The summed E-state index contributed by atoms with van der Waals surface area (Å²) in [6.07, 6.45) is 3.87. The van der Waals surface area contributed by atoms with Crippen LogP contribution in [0.5, 0.6) is 0 Å². The van der Waals surface area contributed by atoms with Crippen molar-refractivity contribution in [3.63, 3.8) is 0 Å². The maximum Gasteiger partial charge on any atom is 0.325 e. The summed E-state index contributed by atoms with van der Waals surface area (Å²) in [5.74, 6) is -2.27. The topological polar surface area (TPSA) is 122 Å². The minimum absolute atomic E-state index is 0.0632.